The molecule has 2 heterocycles. The fraction of sp³-hybridized carbons (Fsp3) is 0.545. The summed E-state index contributed by atoms with van der Waals surface area (Å²) >= 11 is 0. The topological polar surface area (TPSA) is 87.7 Å². The number of rotatable bonds is 6. The number of hydrogen-bond acceptors (Lipinski definition) is 7. The van der Waals surface area contributed by atoms with Crippen LogP contribution in [0.4, 0.5) is 11.8 Å². The standard InChI is InChI=1S/C22H31N5O3S/c1-17-16-21(25-22(23-17)24-18-8-4-3-5-9-18)26-12-14-27(15-13-26)31(28,29)20-11-7-6-10-19(20)30-2/h6-7,10-11,16,18H,3-5,8-9,12-15H2,1-2H3,(H,23,24,25). The van der Waals surface area contributed by atoms with Gasteiger partial charge >= 0.3 is 0 Å². The molecule has 0 atom stereocenters. The van der Waals surface area contributed by atoms with Gasteiger partial charge in [-0.25, -0.2) is 13.4 Å². The molecule has 4 rings (SSSR count). The Kier molecular flexibility index (Phi) is 6.62. The van der Waals surface area contributed by atoms with E-state index in [1.165, 1.54) is 30.7 Å². The molecule has 168 valence electrons. The van der Waals surface area contributed by atoms with Crippen LogP contribution in [0.3, 0.4) is 0 Å². The maximum Gasteiger partial charge on any atom is 0.246 e. The second-order valence-electron chi connectivity index (χ2n) is 8.21. The number of aromatic nitrogens is 2. The third-order valence-corrected chi connectivity index (χ3v) is 7.97. The third kappa shape index (κ3) is 4.93. The molecule has 0 amide bonds. The van der Waals surface area contributed by atoms with Gasteiger partial charge in [-0.2, -0.15) is 9.29 Å². The van der Waals surface area contributed by atoms with Crippen LogP contribution in [0.1, 0.15) is 37.8 Å². The Bertz CT molecular complexity index is 1000. The highest BCUT2D eigenvalue weighted by Crippen LogP contribution is 2.28. The van der Waals surface area contributed by atoms with Crippen molar-refractivity contribution in [3.8, 4) is 5.75 Å². The second-order valence-corrected chi connectivity index (χ2v) is 10.1. The highest BCUT2D eigenvalue weighted by molar-refractivity contribution is 7.89. The number of anilines is 2. The molecule has 1 aromatic carbocycles. The number of hydrogen-bond donors (Lipinski definition) is 1. The summed E-state index contributed by atoms with van der Waals surface area (Å²) in [5.41, 5.74) is 0.910. The van der Waals surface area contributed by atoms with Crippen molar-refractivity contribution in [1.82, 2.24) is 14.3 Å². The number of ether oxygens (including phenoxy) is 1. The van der Waals surface area contributed by atoms with Crippen LogP contribution >= 0.6 is 0 Å². The van der Waals surface area contributed by atoms with Gasteiger partial charge in [0, 0.05) is 44.0 Å². The van der Waals surface area contributed by atoms with Gasteiger partial charge in [0.1, 0.15) is 16.5 Å². The summed E-state index contributed by atoms with van der Waals surface area (Å²) in [6.07, 6.45) is 6.12. The minimum atomic E-state index is -3.61. The lowest BCUT2D eigenvalue weighted by molar-refractivity contribution is 0.373. The van der Waals surface area contributed by atoms with E-state index >= 15 is 0 Å². The van der Waals surface area contributed by atoms with Crippen molar-refractivity contribution in [2.75, 3.05) is 43.5 Å². The van der Waals surface area contributed by atoms with Crippen LogP contribution in [-0.2, 0) is 10.0 Å². The summed E-state index contributed by atoms with van der Waals surface area (Å²) in [7, 11) is -2.12. The van der Waals surface area contributed by atoms with E-state index in [0.717, 1.165) is 24.4 Å². The van der Waals surface area contributed by atoms with E-state index in [9.17, 15) is 8.42 Å². The molecule has 0 spiro atoms. The molecule has 2 aromatic rings. The van der Waals surface area contributed by atoms with Crippen LogP contribution in [0, 0.1) is 6.92 Å². The molecular formula is C22H31N5O3S. The Morgan fingerprint density at radius 2 is 1.74 bits per heavy atom. The summed E-state index contributed by atoms with van der Waals surface area (Å²) < 4.78 is 33.0. The zero-order chi connectivity index (χ0) is 21.8. The number of piperazine rings is 1. The molecule has 9 heteroatoms. The van der Waals surface area contributed by atoms with E-state index in [-0.39, 0.29) is 4.90 Å². The molecule has 1 saturated carbocycles. The second kappa shape index (κ2) is 9.40. The number of aryl methyl sites for hydroxylation is 1. The maximum atomic E-state index is 13.1. The molecule has 0 radical (unpaired) electrons. The van der Waals surface area contributed by atoms with Crippen LogP contribution < -0.4 is 15.0 Å². The monoisotopic (exact) mass is 445 g/mol. The molecule has 1 aliphatic heterocycles. The zero-order valence-corrected chi connectivity index (χ0v) is 19.1. The van der Waals surface area contributed by atoms with Gasteiger partial charge in [0.2, 0.25) is 16.0 Å². The molecule has 31 heavy (non-hydrogen) atoms. The smallest absolute Gasteiger partial charge is 0.246 e. The SMILES string of the molecule is COc1ccccc1S(=O)(=O)N1CCN(c2cc(C)nc(NC3CCCCC3)n2)CC1. The average Bonchev–Trinajstić information content (AvgIpc) is 2.79. The molecule has 0 unspecified atom stereocenters. The first-order valence-corrected chi connectivity index (χ1v) is 12.4. The van der Waals surface area contributed by atoms with Crippen molar-refractivity contribution in [2.45, 2.75) is 50.0 Å². The molecule has 0 bridgehead atoms. The summed E-state index contributed by atoms with van der Waals surface area (Å²) in [5, 5.41) is 3.50. The number of para-hydroxylation sites is 1. The van der Waals surface area contributed by atoms with E-state index in [1.807, 2.05) is 13.0 Å². The Labute approximate surface area is 184 Å². The predicted molar refractivity (Wildman–Crippen MR) is 121 cm³/mol. The molecule has 1 aromatic heterocycles. The van der Waals surface area contributed by atoms with Crippen LogP contribution in [0.2, 0.25) is 0 Å². The number of nitrogens with one attached hydrogen (secondary N) is 1. The van der Waals surface area contributed by atoms with Gasteiger partial charge in [-0.05, 0) is 31.9 Å². The van der Waals surface area contributed by atoms with Crippen molar-refractivity contribution in [3.63, 3.8) is 0 Å². The predicted octanol–water partition coefficient (Wildman–Crippen LogP) is 3.05. The Hall–Kier alpha value is -2.39. The van der Waals surface area contributed by atoms with E-state index < -0.39 is 10.0 Å². The van der Waals surface area contributed by atoms with Gasteiger partial charge in [0.05, 0.1) is 7.11 Å². The fourth-order valence-electron chi connectivity index (χ4n) is 4.34. The van der Waals surface area contributed by atoms with Gasteiger partial charge in [-0.3, -0.25) is 0 Å². The van der Waals surface area contributed by atoms with Crippen molar-refractivity contribution in [1.29, 1.82) is 0 Å². The third-order valence-electron chi connectivity index (χ3n) is 6.03. The first-order valence-electron chi connectivity index (χ1n) is 11.0. The minimum Gasteiger partial charge on any atom is -0.495 e. The maximum absolute atomic E-state index is 13.1. The molecule has 1 N–H and O–H groups in total. The summed E-state index contributed by atoms with van der Waals surface area (Å²) in [6.45, 7) is 3.92. The number of benzene rings is 1. The molecule has 1 saturated heterocycles. The van der Waals surface area contributed by atoms with E-state index in [0.29, 0.717) is 43.9 Å². The Morgan fingerprint density at radius 1 is 1.03 bits per heavy atom. The van der Waals surface area contributed by atoms with Gasteiger partial charge in [-0.15, -0.1) is 0 Å². The molecule has 2 aliphatic rings. The largest absolute Gasteiger partial charge is 0.495 e. The van der Waals surface area contributed by atoms with Crippen LogP contribution in [-0.4, -0.2) is 62.0 Å². The highest BCUT2D eigenvalue weighted by Gasteiger charge is 2.31. The van der Waals surface area contributed by atoms with Gasteiger partial charge in [0.25, 0.3) is 0 Å². The lowest BCUT2D eigenvalue weighted by atomic mass is 9.96. The summed E-state index contributed by atoms with van der Waals surface area (Å²) in [6, 6.07) is 9.16. The Balaban J connectivity index is 1.45. The van der Waals surface area contributed by atoms with Crippen LogP contribution in [0.25, 0.3) is 0 Å². The quantitative estimate of drug-likeness (QED) is 0.731. The van der Waals surface area contributed by atoms with Crippen molar-refractivity contribution < 1.29 is 13.2 Å². The lowest BCUT2D eigenvalue weighted by Crippen LogP contribution is -2.49. The number of nitrogens with zero attached hydrogens (tertiary/aromatic N) is 4. The number of methoxy groups -OCH3 is 1. The van der Waals surface area contributed by atoms with Crippen molar-refractivity contribution in [2.24, 2.45) is 0 Å². The minimum absolute atomic E-state index is 0.211. The van der Waals surface area contributed by atoms with E-state index in [2.05, 4.69) is 15.2 Å². The highest BCUT2D eigenvalue weighted by atomic mass is 32.2. The zero-order valence-electron chi connectivity index (χ0n) is 18.2. The van der Waals surface area contributed by atoms with Gasteiger partial charge in [0.15, 0.2) is 0 Å². The summed E-state index contributed by atoms with van der Waals surface area (Å²) in [4.78, 5) is 11.7. The van der Waals surface area contributed by atoms with E-state index in [4.69, 9.17) is 9.72 Å². The van der Waals surface area contributed by atoms with Gasteiger partial charge < -0.3 is 15.0 Å². The molecule has 2 fully saturated rings. The first-order chi connectivity index (χ1) is 15.0. The van der Waals surface area contributed by atoms with Crippen LogP contribution in [0.15, 0.2) is 35.2 Å². The van der Waals surface area contributed by atoms with Crippen molar-refractivity contribution >= 4 is 21.8 Å². The van der Waals surface area contributed by atoms with E-state index in [1.54, 1.807) is 24.3 Å². The van der Waals surface area contributed by atoms with Crippen LogP contribution in [0.5, 0.6) is 5.75 Å². The van der Waals surface area contributed by atoms with Gasteiger partial charge in [-0.1, -0.05) is 31.4 Å². The lowest BCUT2D eigenvalue weighted by Gasteiger charge is -2.35. The molecule has 8 nitrogen and oxygen atoms in total. The molecular weight excluding hydrogens is 414 g/mol. The normalized spacial score (nSPS) is 18.7. The fourth-order valence-corrected chi connectivity index (χ4v) is 5.91. The number of sulfonamides is 1. The molecule has 1 aliphatic carbocycles. The first kappa shape index (κ1) is 21.8. The van der Waals surface area contributed by atoms with Crippen molar-refractivity contribution in [3.05, 3.63) is 36.0 Å². The Morgan fingerprint density at radius 3 is 2.45 bits per heavy atom. The summed E-state index contributed by atoms with van der Waals surface area (Å²) in [5.74, 6) is 1.89. The average molecular weight is 446 g/mol.